The largest absolute Gasteiger partial charge is 0.444 e. The molecule has 1 saturated heterocycles. The van der Waals surface area contributed by atoms with Crippen LogP contribution in [-0.2, 0) is 9.47 Å². The third kappa shape index (κ3) is 3.72. The van der Waals surface area contributed by atoms with E-state index in [1.54, 1.807) is 12.4 Å². The molecule has 2 bridgehead atoms. The van der Waals surface area contributed by atoms with Crippen molar-refractivity contribution in [3.8, 4) is 11.4 Å². The van der Waals surface area contributed by atoms with Gasteiger partial charge in [0.2, 0.25) is 0 Å². The van der Waals surface area contributed by atoms with E-state index in [-0.39, 0.29) is 24.0 Å². The topological polar surface area (TPSA) is 131 Å². The maximum absolute atomic E-state index is 11.5. The van der Waals surface area contributed by atoms with Gasteiger partial charge < -0.3 is 30.4 Å². The number of fused-ring (bicyclic) bond motifs is 3. The van der Waals surface area contributed by atoms with E-state index in [1.165, 1.54) is 0 Å². The first kappa shape index (κ1) is 21.2. The Hall–Kier alpha value is -3.37. The van der Waals surface area contributed by atoms with E-state index in [2.05, 4.69) is 37.3 Å². The average molecular weight is 482 g/mol. The van der Waals surface area contributed by atoms with Gasteiger partial charge in [0, 0.05) is 36.7 Å². The second kappa shape index (κ2) is 8.44. The molecule has 176 valence electrons. The van der Waals surface area contributed by atoms with Crippen LogP contribution in [0, 0.1) is 11.8 Å². The van der Waals surface area contributed by atoms with Crippen molar-refractivity contribution in [3.63, 3.8) is 0 Å². The van der Waals surface area contributed by atoms with Gasteiger partial charge in [0.25, 0.3) is 0 Å². The van der Waals surface area contributed by atoms with Crippen molar-refractivity contribution >= 4 is 40.4 Å². The summed E-state index contributed by atoms with van der Waals surface area (Å²) < 4.78 is 10.9. The monoisotopic (exact) mass is 481 g/mol. The molecule has 2 aliphatic carbocycles. The van der Waals surface area contributed by atoms with E-state index in [1.807, 2.05) is 12.1 Å². The highest BCUT2D eigenvalue weighted by Crippen LogP contribution is 2.44. The van der Waals surface area contributed by atoms with Crippen LogP contribution < -0.4 is 16.0 Å². The number of hydrogen-bond donors (Lipinski definition) is 3. The Balaban J connectivity index is 1.33. The first-order valence-electron chi connectivity index (χ1n) is 11.3. The van der Waals surface area contributed by atoms with Gasteiger partial charge in [0.15, 0.2) is 5.65 Å². The number of carbonyl (C=O) groups is 1. The number of nitrogens with one attached hydrogen (secondary N) is 2. The number of anilines is 2. The van der Waals surface area contributed by atoms with Crippen LogP contribution in [0.1, 0.15) is 6.42 Å². The van der Waals surface area contributed by atoms with Crippen molar-refractivity contribution in [1.82, 2.24) is 19.9 Å². The molecule has 34 heavy (non-hydrogen) atoms. The molecule has 3 aromatic heterocycles. The second-order valence-electron chi connectivity index (χ2n) is 8.79. The molecule has 4 N–H and O–H groups in total. The molecule has 3 aliphatic rings. The molecular formula is C23H24ClN7O3. The van der Waals surface area contributed by atoms with Gasteiger partial charge in [-0.25, -0.2) is 19.7 Å². The van der Waals surface area contributed by atoms with Gasteiger partial charge in [0.05, 0.1) is 36.2 Å². The van der Waals surface area contributed by atoms with Gasteiger partial charge in [0.1, 0.15) is 23.3 Å². The quantitative estimate of drug-likeness (QED) is 0.474. The number of hydrogen-bond acceptors (Lipinski definition) is 8. The van der Waals surface area contributed by atoms with E-state index in [4.69, 9.17) is 31.8 Å². The number of halogens is 1. The fraction of sp³-hybridized carbons (Fsp3) is 0.391. The Labute approximate surface area is 200 Å². The molecule has 1 amide bonds. The highest BCUT2D eigenvalue weighted by Gasteiger charge is 2.47. The number of H-pyrrole nitrogens is 1. The molecule has 6 rings (SSSR count). The maximum Gasteiger partial charge on any atom is 0.404 e. The highest BCUT2D eigenvalue weighted by atomic mass is 35.5. The lowest BCUT2D eigenvalue weighted by Crippen LogP contribution is -2.41. The molecule has 3 aromatic rings. The predicted octanol–water partition coefficient (Wildman–Crippen LogP) is 2.96. The Bertz CT molecular complexity index is 1270. The lowest BCUT2D eigenvalue weighted by molar-refractivity contribution is 0.0854. The van der Waals surface area contributed by atoms with Gasteiger partial charge in [-0.15, -0.1) is 0 Å². The highest BCUT2D eigenvalue weighted by molar-refractivity contribution is 6.34. The minimum absolute atomic E-state index is 0.138. The number of aromatic nitrogens is 4. The zero-order chi connectivity index (χ0) is 23.2. The van der Waals surface area contributed by atoms with Crippen molar-refractivity contribution < 1.29 is 14.3 Å². The van der Waals surface area contributed by atoms with Crippen LogP contribution in [0.15, 0.2) is 36.7 Å². The van der Waals surface area contributed by atoms with Crippen LogP contribution in [0.2, 0.25) is 5.02 Å². The first-order chi connectivity index (χ1) is 16.6. The van der Waals surface area contributed by atoms with E-state index in [9.17, 15) is 4.79 Å². The Morgan fingerprint density at radius 3 is 2.91 bits per heavy atom. The third-order valence-corrected chi connectivity index (χ3v) is 7.06. The molecular weight excluding hydrogens is 458 g/mol. The molecule has 1 saturated carbocycles. The van der Waals surface area contributed by atoms with Gasteiger partial charge in [-0.05, 0) is 18.6 Å². The molecule has 4 heterocycles. The summed E-state index contributed by atoms with van der Waals surface area (Å²) in [6.45, 7) is 2.97. The minimum atomic E-state index is -0.777. The summed E-state index contributed by atoms with van der Waals surface area (Å²) in [4.78, 5) is 30.7. The molecule has 0 unspecified atom stereocenters. The Morgan fingerprint density at radius 1 is 1.26 bits per heavy atom. The van der Waals surface area contributed by atoms with Gasteiger partial charge in [-0.3, -0.25) is 0 Å². The predicted molar refractivity (Wildman–Crippen MR) is 128 cm³/mol. The zero-order valence-electron chi connectivity index (χ0n) is 18.3. The fourth-order valence-corrected chi connectivity index (χ4v) is 5.37. The molecule has 0 spiro atoms. The number of amides is 1. The van der Waals surface area contributed by atoms with Crippen molar-refractivity contribution in [1.29, 1.82) is 0 Å². The molecule has 0 radical (unpaired) electrons. The van der Waals surface area contributed by atoms with Crippen LogP contribution >= 0.6 is 11.6 Å². The van der Waals surface area contributed by atoms with E-state index < -0.39 is 6.09 Å². The van der Waals surface area contributed by atoms with Crippen LogP contribution in [0.5, 0.6) is 0 Å². The van der Waals surface area contributed by atoms with Crippen molar-refractivity contribution in [2.24, 2.45) is 17.6 Å². The fourth-order valence-electron chi connectivity index (χ4n) is 5.17. The van der Waals surface area contributed by atoms with Crippen LogP contribution in [-0.4, -0.2) is 64.5 Å². The second-order valence-corrected chi connectivity index (χ2v) is 9.19. The molecule has 1 aliphatic heterocycles. The average Bonchev–Trinajstić information content (AvgIpc) is 3.57. The first-order valence-corrected chi connectivity index (χ1v) is 11.7. The Kier molecular flexibility index (Phi) is 5.26. The standard InChI is InChI=1S/C23H24ClN7O3/c24-15-11-27-22-19(18(15)28-17-12-1-2-13(9-12)20(17)34-23(25)32)29-21(30-22)14-3-4-26-16(10-14)31-5-7-33-8-6-31/h1-4,10-13,17,20H,5-9H2,(H2,25,32)(H2,27,28,29,30)/t12-,13+,17+,20-/m0/s1. The number of nitrogens with two attached hydrogens (primary N) is 1. The summed E-state index contributed by atoms with van der Waals surface area (Å²) in [5, 5.41) is 3.96. The van der Waals surface area contributed by atoms with Crippen LogP contribution in [0.3, 0.4) is 0 Å². The third-order valence-electron chi connectivity index (χ3n) is 6.78. The van der Waals surface area contributed by atoms with Crippen molar-refractivity contribution in [2.45, 2.75) is 18.6 Å². The summed E-state index contributed by atoms with van der Waals surface area (Å²) in [5.74, 6) is 1.90. The lowest BCUT2D eigenvalue weighted by atomic mass is 9.98. The van der Waals surface area contributed by atoms with Crippen molar-refractivity contribution in [2.75, 3.05) is 36.5 Å². The normalized spacial score (nSPS) is 25.7. The van der Waals surface area contributed by atoms with Gasteiger partial charge >= 0.3 is 6.09 Å². The summed E-state index contributed by atoms with van der Waals surface area (Å²) in [6, 6.07) is 3.77. The number of pyridine rings is 2. The SMILES string of the molecule is NC(=O)O[C@@H]1[C@H](Nc2c(Cl)cnc3nc(-c4ccnc(N5CCOCC5)c4)[nH]c23)[C@H]2C=C[C@@H]1C2. The Morgan fingerprint density at radius 2 is 2.09 bits per heavy atom. The number of imidazole rings is 1. The number of aromatic amines is 1. The summed E-state index contributed by atoms with van der Waals surface area (Å²) in [5.41, 5.74) is 8.14. The van der Waals surface area contributed by atoms with E-state index >= 15 is 0 Å². The maximum atomic E-state index is 11.5. The smallest absolute Gasteiger partial charge is 0.404 e. The molecule has 0 aromatic carbocycles. The number of rotatable bonds is 5. The van der Waals surface area contributed by atoms with Gasteiger partial charge in [-0.1, -0.05) is 23.8 Å². The summed E-state index contributed by atoms with van der Waals surface area (Å²) in [7, 11) is 0. The summed E-state index contributed by atoms with van der Waals surface area (Å²) in [6.07, 6.45) is 7.36. The lowest BCUT2D eigenvalue weighted by Gasteiger charge is -2.29. The van der Waals surface area contributed by atoms with Gasteiger partial charge in [-0.2, -0.15) is 0 Å². The number of carbonyl (C=O) groups excluding carboxylic acids is 1. The number of nitrogens with zero attached hydrogens (tertiary/aromatic N) is 4. The van der Waals surface area contributed by atoms with E-state index in [0.29, 0.717) is 40.9 Å². The minimum Gasteiger partial charge on any atom is -0.444 e. The van der Waals surface area contributed by atoms with Crippen molar-refractivity contribution in [3.05, 3.63) is 41.7 Å². The summed E-state index contributed by atoms with van der Waals surface area (Å²) >= 11 is 6.57. The van der Waals surface area contributed by atoms with Crippen LogP contribution in [0.4, 0.5) is 16.3 Å². The molecule has 2 fully saturated rings. The molecule has 10 nitrogen and oxygen atoms in total. The molecule has 11 heteroatoms. The zero-order valence-corrected chi connectivity index (χ0v) is 19.0. The number of primary amides is 1. The molecule has 4 atom stereocenters. The number of ether oxygens (including phenoxy) is 2. The van der Waals surface area contributed by atoms with E-state index in [0.717, 1.165) is 30.9 Å². The van der Waals surface area contributed by atoms with Crippen LogP contribution in [0.25, 0.3) is 22.6 Å². The number of morpholine rings is 1.